The van der Waals surface area contributed by atoms with Crippen molar-refractivity contribution in [2.24, 2.45) is 5.92 Å². The Kier molecular flexibility index (Phi) is 6.97. The summed E-state index contributed by atoms with van der Waals surface area (Å²) in [5, 5.41) is 0. The van der Waals surface area contributed by atoms with E-state index in [-0.39, 0.29) is 0 Å². The molecule has 140 valence electrons. The first-order chi connectivity index (χ1) is 11.7. The quantitative estimate of drug-likeness (QED) is 0.763. The largest absolute Gasteiger partial charge is 0.301 e. The zero-order valence-corrected chi connectivity index (χ0v) is 16.4. The van der Waals surface area contributed by atoms with Crippen LogP contribution in [0.5, 0.6) is 0 Å². The summed E-state index contributed by atoms with van der Waals surface area (Å²) in [5.74, 6) is 0.964. The van der Waals surface area contributed by atoms with Crippen LogP contribution in [0.2, 0.25) is 0 Å². The minimum absolute atomic E-state index is 0.719. The van der Waals surface area contributed by atoms with E-state index in [1.54, 1.807) is 0 Å². The van der Waals surface area contributed by atoms with Crippen LogP contribution in [0.15, 0.2) is 0 Å². The Morgan fingerprint density at radius 3 is 1.88 bits per heavy atom. The first-order valence-corrected chi connectivity index (χ1v) is 10.6. The van der Waals surface area contributed by atoms with Crippen LogP contribution in [0.3, 0.4) is 0 Å². The van der Waals surface area contributed by atoms with E-state index in [9.17, 15) is 0 Å². The lowest BCUT2D eigenvalue weighted by Gasteiger charge is -2.44. The average molecular weight is 337 g/mol. The molecule has 1 saturated carbocycles. The summed E-state index contributed by atoms with van der Waals surface area (Å²) >= 11 is 0. The third-order valence-electron chi connectivity index (χ3n) is 6.84. The van der Waals surface area contributed by atoms with Crippen molar-refractivity contribution in [3.63, 3.8) is 0 Å². The minimum Gasteiger partial charge on any atom is -0.301 e. The standard InChI is InChI=1S/C20H40N4/c1-4-21-9-11-22(12-10-21)17-19-5-7-20(8-6-19)24-15-13-23(14-16-24)18(2)3/h18-20H,4-17H2,1-3H3. The molecule has 0 aromatic rings. The maximum Gasteiger partial charge on any atom is 0.0113 e. The average Bonchev–Trinajstić information content (AvgIpc) is 2.63. The van der Waals surface area contributed by atoms with E-state index in [1.807, 2.05) is 0 Å². The highest BCUT2D eigenvalue weighted by atomic mass is 15.3. The molecule has 3 aliphatic rings. The maximum absolute atomic E-state index is 2.80. The zero-order chi connectivity index (χ0) is 16.9. The van der Waals surface area contributed by atoms with E-state index in [4.69, 9.17) is 0 Å². The molecule has 0 spiro atoms. The Hall–Kier alpha value is -0.160. The van der Waals surface area contributed by atoms with E-state index < -0.39 is 0 Å². The monoisotopic (exact) mass is 336 g/mol. The number of likely N-dealkylation sites (N-methyl/N-ethyl adjacent to an activating group) is 1. The summed E-state index contributed by atoms with van der Waals surface area (Å²) in [7, 11) is 0. The molecule has 3 rings (SSSR count). The Balaban J connectivity index is 1.34. The third-order valence-corrected chi connectivity index (χ3v) is 6.84. The van der Waals surface area contributed by atoms with Crippen LogP contribution in [-0.4, -0.2) is 97.1 Å². The fraction of sp³-hybridized carbons (Fsp3) is 1.00. The predicted molar refractivity (Wildman–Crippen MR) is 103 cm³/mol. The number of rotatable bonds is 5. The van der Waals surface area contributed by atoms with Crippen LogP contribution >= 0.6 is 0 Å². The minimum atomic E-state index is 0.719. The van der Waals surface area contributed by atoms with Crippen LogP contribution in [0.4, 0.5) is 0 Å². The van der Waals surface area contributed by atoms with E-state index in [0.717, 1.165) is 18.0 Å². The van der Waals surface area contributed by atoms with E-state index in [0.29, 0.717) is 0 Å². The van der Waals surface area contributed by atoms with E-state index >= 15 is 0 Å². The molecule has 2 heterocycles. The summed E-state index contributed by atoms with van der Waals surface area (Å²) in [4.78, 5) is 10.8. The first-order valence-electron chi connectivity index (χ1n) is 10.6. The summed E-state index contributed by atoms with van der Waals surface area (Å²) in [6.45, 7) is 19.9. The van der Waals surface area contributed by atoms with Crippen LogP contribution in [0, 0.1) is 5.92 Å². The van der Waals surface area contributed by atoms with Gasteiger partial charge in [-0.25, -0.2) is 0 Å². The van der Waals surface area contributed by atoms with Gasteiger partial charge in [0, 0.05) is 71.0 Å². The highest BCUT2D eigenvalue weighted by Crippen LogP contribution is 2.29. The molecule has 0 atom stereocenters. The summed E-state index contributed by atoms with van der Waals surface area (Å²) in [5.41, 5.74) is 0. The van der Waals surface area contributed by atoms with Crippen molar-refractivity contribution >= 4 is 0 Å². The molecule has 0 N–H and O–H groups in total. The van der Waals surface area contributed by atoms with Gasteiger partial charge < -0.3 is 9.80 Å². The van der Waals surface area contributed by atoms with Crippen molar-refractivity contribution in [2.75, 3.05) is 65.4 Å². The molecule has 1 aliphatic carbocycles. The zero-order valence-electron chi connectivity index (χ0n) is 16.4. The second kappa shape index (κ2) is 8.98. The molecule has 2 saturated heterocycles. The van der Waals surface area contributed by atoms with Crippen molar-refractivity contribution < 1.29 is 0 Å². The number of hydrogen-bond acceptors (Lipinski definition) is 4. The molecule has 0 radical (unpaired) electrons. The van der Waals surface area contributed by atoms with Gasteiger partial charge in [0.05, 0.1) is 0 Å². The number of hydrogen-bond donors (Lipinski definition) is 0. The topological polar surface area (TPSA) is 13.0 Å². The van der Waals surface area contributed by atoms with Crippen LogP contribution in [-0.2, 0) is 0 Å². The third kappa shape index (κ3) is 4.94. The smallest absolute Gasteiger partial charge is 0.0113 e. The van der Waals surface area contributed by atoms with Crippen LogP contribution in [0.25, 0.3) is 0 Å². The molecule has 0 aromatic heterocycles. The Morgan fingerprint density at radius 2 is 1.33 bits per heavy atom. The van der Waals surface area contributed by atoms with Gasteiger partial charge in [0.2, 0.25) is 0 Å². The molecule has 0 amide bonds. The van der Waals surface area contributed by atoms with Gasteiger partial charge in [-0.3, -0.25) is 9.80 Å². The second-order valence-corrected chi connectivity index (χ2v) is 8.58. The molecule has 0 aromatic carbocycles. The van der Waals surface area contributed by atoms with Gasteiger partial charge in [0.15, 0.2) is 0 Å². The van der Waals surface area contributed by atoms with Crippen molar-refractivity contribution in [3.8, 4) is 0 Å². The molecular formula is C20H40N4. The Labute approximate surface area is 150 Å². The van der Waals surface area contributed by atoms with Gasteiger partial charge in [-0.15, -0.1) is 0 Å². The molecule has 24 heavy (non-hydrogen) atoms. The van der Waals surface area contributed by atoms with Crippen LogP contribution < -0.4 is 0 Å². The number of nitrogens with zero attached hydrogens (tertiary/aromatic N) is 4. The fourth-order valence-corrected chi connectivity index (χ4v) is 4.96. The molecule has 4 nitrogen and oxygen atoms in total. The van der Waals surface area contributed by atoms with Crippen LogP contribution in [0.1, 0.15) is 46.5 Å². The first kappa shape index (κ1) is 18.6. The highest BCUT2D eigenvalue weighted by molar-refractivity contribution is 4.85. The van der Waals surface area contributed by atoms with Gasteiger partial charge >= 0.3 is 0 Å². The summed E-state index contributed by atoms with van der Waals surface area (Å²) in [6.07, 6.45) is 5.81. The molecule has 3 fully saturated rings. The summed E-state index contributed by atoms with van der Waals surface area (Å²) < 4.78 is 0. The molecular weight excluding hydrogens is 296 g/mol. The highest BCUT2D eigenvalue weighted by Gasteiger charge is 2.29. The van der Waals surface area contributed by atoms with Gasteiger partial charge in [-0.05, 0) is 52.0 Å². The molecule has 4 heteroatoms. The Bertz CT molecular complexity index is 349. The normalized spacial score (nSPS) is 32.5. The summed E-state index contributed by atoms with van der Waals surface area (Å²) in [6, 6.07) is 1.60. The van der Waals surface area contributed by atoms with Gasteiger partial charge in [-0.2, -0.15) is 0 Å². The van der Waals surface area contributed by atoms with Gasteiger partial charge in [-0.1, -0.05) is 6.92 Å². The van der Waals surface area contributed by atoms with Crippen molar-refractivity contribution in [1.29, 1.82) is 0 Å². The fourth-order valence-electron chi connectivity index (χ4n) is 4.96. The van der Waals surface area contributed by atoms with Crippen molar-refractivity contribution in [1.82, 2.24) is 19.6 Å². The van der Waals surface area contributed by atoms with E-state index in [2.05, 4.69) is 40.4 Å². The SMILES string of the molecule is CCN1CCN(CC2CCC(N3CCN(C(C)C)CC3)CC2)CC1. The predicted octanol–water partition coefficient (Wildman–Crippen LogP) is 2.21. The molecule has 0 bridgehead atoms. The number of piperazine rings is 2. The molecule has 0 unspecified atom stereocenters. The lowest BCUT2D eigenvalue weighted by atomic mass is 9.84. The second-order valence-electron chi connectivity index (χ2n) is 8.58. The lowest BCUT2D eigenvalue weighted by molar-refractivity contribution is 0.0498. The van der Waals surface area contributed by atoms with Gasteiger partial charge in [0.25, 0.3) is 0 Å². The molecule has 2 aliphatic heterocycles. The lowest BCUT2D eigenvalue weighted by Crippen LogP contribution is -2.53. The maximum atomic E-state index is 2.80. The Morgan fingerprint density at radius 1 is 0.750 bits per heavy atom. The van der Waals surface area contributed by atoms with Gasteiger partial charge in [0.1, 0.15) is 0 Å². The van der Waals surface area contributed by atoms with Crippen molar-refractivity contribution in [3.05, 3.63) is 0 Å². The van der Waals surface area contributed by atoms with E-state index in [1.165, 1.54) is 91.1 Å². The van der Waals surface area contributed by atoms with Crippen molar-refractivity contribution in [2.45, 2.75) is 58.5 Å².